The van der Waals surface area contributed by atoms with Gasteiger partial charge in [-0.2, -0.15) is 0 Å². The van der Waals surface area contributed by atoms with Crippen molar-refractivity contribution in [2.45, 2.75) is 45.8 Å². The number of nitrogens with one attached hydrogen (secondary N) is 1. The molecule has 6 heteroatoms. The average molecular weight is 354 g/mol. The maximum absolute atomic E-state index is 12.7. The van der Waals surface area contributed by atoms with E-state index >= 15 is 0 Å². The van der Waals surface area contributed by atoms with Crippen molar-refractivity contribution in [3.05, 3.63) is 28.5 Å². The zero-order valence-corrected chi connectivity index (χ0v) is 14.3. The third kappa shape index (κ3) is 3.26. The molecule has 1 aromatic heterocycles. The molecule has 0 spiro atoms. The van der Waals surface area contributed by atoms with Crippen LogP contribution in [0.5, 0.6) is 0 Å². The Bertz CT molecular complexity index is 555. The van der Waals surface area contributed by atoms with E-state index in [0.29, 0.717) is 6.54 Å². The summed E-state index contributed by atoms with van der Waals surface area (Å²) < 4.78 is 0.884. The van der Waals surface area contributed by atoms with Gasteiger partial charge in [0.05, 0.1) is 12.2 Å². The Morgan fingerprint density at radius 2 is 2.05 bits per heavy atom. The van der Waals surface area contributed by atoms with Gasteiger partial charge >= 0.3 is 0 Å². The predicted octanol–water partition coefficient (Wildman–Crippen LogP) is 2.11. The molecule has 114 valence electrons. The molecular weight excluding hydrogens is 334 g/mol. The molecule has 0 radical (unpaired) electrons. The number of carbonyl (C=O) groups is 2. The summed E-state index contributed by atoms with van der Waals surface area (Å²) in [6, 6.07) is 3.27. The summed E-state index contributed by atoms with van der Waals surface area (Å²) in [6.07, 6.45) is 1.69. The minimum atomic E-state index is -0.877. The van der Waals surface area contributed by atoms with Crippen molar-refractivity contribution in [2.24, 2.45) is 5.92 Å². The van der Waals surface area contributed by atoms with Gasteiger partial charge in [-0.3, -0.25) is 14.6 Å². The highest BCUT2D eigenvalue weighted by Crippen LogP contribution is 2.24. The second-order valence-electron chi connectivity index (χ2n) is 6.20. The number of hydrogen-bond acceptors (Lipinski definition) is 3. The molecule has 1 aromatic rings. The lowest BCUT2D eigenvalue weighted by atomic mass is 9.91. The summed E-state index contributed by atoms with van der Waals surface area (Å²) >= 11 is 3.34. The second kappa shape index (κ2) is 5.75. The molecule has 2 rings (SSSR count). The average Bonchev–Trinajstić information content (AvgIpc) is 2.37. The molecule has 1 aliphatic rings. The number of piperazine rings is 1. The summed E-state index contributed by atoms with van der Waals surface area (Å²) in [7, 11) is 0. The second-order valence-corrected chi connectivity index (χ2v) is 7.12. The molecule has 0 bridgehead atoms. The van der Waals surface area contributed by atoms with Gasteiger partial charge in [0.2, 0.25) is 11.8 Å². The van der Waals surface area contributed by atoms with E-state index in [9.17, 15) is 9.59 Å². The van der Waals surface area contributed by atoms with Crippen molar-refractivity contribution in [3.63, 3.8) is 0 Å². The van der Waals surface area contributed by atoms with E-state index in [1.807, 2.05) is 26.0 Å². The molecule has 2 amide bonds. The van der Waals surface area contributed by atoms with Crippen molar-refractivity contribution in [3.8, 4) is 0 Å². The summed E-state index contributed by atoms with van der Waals surface area (Å²) in [5.74, 6) is -0.141. The van der Waals surface area contributed by atoms with Crippen molar-refractivity contribution in [1.29, 1.82) is 0 Å². The molecule has 1 saturated heterocycles. The highest BCUT2D eigenvalue weighted by molar-refractivity contribution is 9.10. The van der Waals surface area contributed by atoms with Crippen molar-refractivity contribution < 1.29 is 9.59 Å². The third-order valence-electron chi connectivity index (χ3n) is 3.59. The first-order valence-corrected chi connectivity index (χ1v) is 7.75. The highest BCUT2D eigenvalue weighted by Gasteiger charge is 2.46. The van der Waals surface area contributed by atoms with E-state index in [4.69, 9.17) is 0 Å². The molecule has 2 heterocycles. The molecule has 1 unspecified atom stereocenters. The van der Waals surface area contributed by atoms with Crippen LogP contribution in [0.15, 0.2) is 22.8 Å². The van der Waals surface area contributed by atoms with E-state index < -0.39 is 11.6 Å². The van der Waals surface area contributed by atoms with Crippen LogP contribution in [0.4, 0.5) is 0 Å². The number of amides is 2. The van der Waals surface area contributed by atoms with Crippen molar-refractivity contribution >= 4 is 27.7 Å². The van der Waals surface area contributed by atoms with Crippen molar-refractivity contribution in [1.82, 2.24) is 15.2 Å². The first-order valence-electron chi connectivity index (χ1n) is 6.96. The predicted molar refractivity (Wildman–Crippen MR) is 83.3 cm³/mol. The number of nitrogens with zero attached hydrogens (tertiary/aromatic N) is 2. The fourth-order valence-electron chi connectivity index (χ4n) is 2.57. The van der Waals surface area contributed by atoms with Gasteiger partial charge in [-0.05, 0) is 47.8 Å². The zero-order chi connectivity index (χ0) is 15.8. The quantitative estimate of drug-likeness (QED) is 0.904. The van der Waals surface area contributed by atoms with Crippen LogP contribution >= 0.6 is 15.9 Å². The number of rotatable bonds is 3. The Balaban J connectivity index is 2.32. The molecule has 1 fully saturated rings. The van der Waals surface area contributed by atoms with Crippen LogP contribution in [-0.4, -0.2) is 33.3 Å². The Morgan fingerprint density at radius 3 is 2.57 bits per heavy atom. The van der Waals surface area contributed by atoms with Gasteiger partial charge in [-0.15, -0.1) is 0 Å². The molecule has 1 N–H and O–H groups in total. The van der Waals surface area contributed by atoms with Crippen LogP contribution < -0.4 is 5.32 Å². The topological polar surface area (TPSA) is 62.3 Å². The maximum atomic E-state index is 12.7. The van der Waals surface area contributed by atoms with E-state index in [1.165, 1.54) is 0 Å². The number of halogens is 1. The van der Waals surface area contributed by atoms with Crippen LogP contribution in [-0.2, 0) is 16.1 Å². The Labute approximate surface area is 133 Å². The molecule has 21 heavy (non-hydrogen) atoms. The first-order chi connectivity index (χ1) is 9.72. The Morgan fingerprint density at radius 1 is 1.38 bits per heavy atom. The van der Waals surface area contributed by atoms with E-state index in [-0.39, 0.29) is 17.7 Å². The number of carbonyl (C=O) groups excluding carboxylic acids is 2. The van der Waals surface area contributed by atoms with Gasteiger partial charge in [-0.1, -0.05) is 13.8 Å². The van der Waals surface area contributed by atoms with Crippen LogP contribution in [0.2, 0.25) is 0 Å². The van der Waals surface area contributed by atoms with Crippen LogP contribution in [0.3, 0.4) is 0 Å². The lowest BCUT2D eigenvalue weighted by molar-refractivity contribution is -0.156. The monoisotopic (exact) mass is 353 g/mol. The fourth-order valence-corrected chi connectivity index (χ4v) is 2.80. The molecule has 1 aliphatic heterocycles. The lowest BCUT2D eigenvalue weighted by Gasteiger charge is -2.44. The van der Waals surface area contributed by atoms with E-state index in [1.54, 1.807) is 24.9 Å². The summed E-state index contributed by atoms with van der Waals surface area (Å²) in [5, 5.41) is 2.80. The standard InChI is InChI=1S/C15H20BrN3O2/c1-9(2)12-13(20)18-15(3,4)14(21)19(12)8-11-6-5-10(16)7-17-11/h5-7,9,12H,8H2,1-4H3,(H,18,20). The van der Waals surface area contributed by atoms with Gasteiger partial charge in [-0.25, -0.2) is 0 Å². The first kappa shape index (κ1) is 15.9. The third-order valence-corrected chi connectivity index (χ3v) is 4.06. The van der Waals surface area contributed by atoms with E-state index in [2.05, 4.69) is 26.2 Å². The normalized spacial score (nSPS) is 21.6. The number of hydrogen-bond donors (Lipinski definition) is 1. The van der Waals surface area contributed by atoms with E-state index in [0.717, 1.165) is 10.2 Å². The van der Waals surface area contributed by atoms with Gasteiger partial charge in [0.15, 0.2) is 0 Å². The molecule has 0 saturated carbocycles. The lowest BCUT2D eigenvalue weighted by Crippen LogP contribution is -2.68. The highest BCUT2D eigenvalue weighted by atomic mass is 79.9. The molecule has 5 nitrogen and oxygen atoms in total. The van der Waals surface area contributed by atoms with Gasteiger partial charge in [0.25, 0.3) is 0 Å². The van der Waals surface area contributed by atoms with Gasteiger partial charge in [0, 0.05) is 10.7 Å². The zero-order valence-electron chi connectivity index (χ0n) is 12.7. The number of aromatic nitrogens is 1. The molecule has 0 aromatic carbocycles. The van der Waals surface area contributed by atoms with Crippen LogP contribution in [0, 0.1) is 5.92 Å². The summed E-state index contributed by atoms with van der Waals surface area (Å²) in [6.45, 7) is 7.68. The number of pyridine rings is 1. The fraction of sp³-hybridized carbons (Fsp3) is 0.533. The minimum Gasteiger partial charge on any atom is -0.340 e. The molecular formula is C15H20BrN3O2. The Hall–Kier alpha value is -1.43. The van der Waals surface area contributed by atoms with Crippen LogP contribution in [0.1, 0.15) is 33.4 Å². The summed E-state index contributed by atoms with van der Waals surface area (Å²) in [5.41, 5.74) is -0.111. The smallest absolute Gasteiger partial charge is 0.248 e. The maximum Gasteiger partial charge on any atom is 0.248 e. The van der Waals surface area contributed by atoms with Crippen molar-refractivity contribution in [2.75, 3.05) is 0 Å². The molecule has 1 atom stereocenters. The van der Waals surface area contributed by atoms with Gasteiger partial charge in [0.1, 0.15) is 11.6 Å². The molecule has 0 aliphatic carbocycles. The minimum absolute atomic E-state index is 0.0421. The Kier molecular flexibility index (Phi) is 4.37. The SMILES string of the molecule is CC(C)C1C(=O)NC(C)(C)C(=O)N1Cc1ccc(Br)cn1. The van der Waals surface area contributed by atoms with Crippen LogP contribution in [0.25, 0.3) is 0 Å². The largest absolute Gasteiger partial charge is 0.340 e. The summed E-state index contributed by atoms with van der Waals surface area (Å²) in [4.78, 5) is 30.9. The van der Waals surface area contributed by atoms with Gasteiger partial charge < -0.3 is 10.2 Å².